The minimum absolute atomic E-state index is 0.108. The van der Waals surface area contributed by atoms with E-state index in [1.165, 1.54) is 18.9 Å². The van der Waals surface area contributed by atoms with Crippen LogP contribution in [0.25, 0.3) is 0 Å². The van der Waals surface area contributed by atoms with Gasteiger partial charge in [-0.15, -0.1) is 0 Å². The number of thiophene rings is 1. The number of nitrogens with zero attached hydrogens (tertiary/aromatic N) is 2. The van der Waals surface area contributed by atoms with Crippen LogP contribution in [0.1, 0.15) is 34.8 Å². The number of aromatic nitrogens is 1. The average molecular weight is 423 g/mol. The van der Waals surface area contributed by atoms with Crippen LogP contribution >= 0.6 is 11.3 Å². The first-order valence-electron chi connectivity index (χ1n) is 9.65. The van der Waals surface area contributed by atoms with E-state index in [0.717, 1.165) is 19.4 Å². The first kappa shape index (κ1) is 19.9. The largest absolute Gasteiger partial charge is 0.494 e. The van der Waals surface area contributed by atoms with Crippen molar-refractivity contribution in [2.75, 3.05) is 24.3 Å². The van der Waals surface area contributed by atoms with Crippen molar-refractivity contribution >= 4 is 34.6 Å². The fourth-order valence-corrected chi connectivity index (χ4v) is 4.29. The zero-order valence-corrected chi connectivity index (χ0v) is 17.3. The summed E-state index contributed by atoms with van der Waals surface area (Å²) in [6, 6.07) is 10.6. The molecule has 3 aromatic rings. The van der Waals surface area contributed by atoms with Gasteiger partial charge in [-0.1, -0.05) is 0 Å². The fourth-order valence-electron chi connectivity index (χ4n) is 3.58. The number of hydrogen-bond acceptors (Lipinski definition) is 5. The van der Waals surface area contributed by atoms with Gasteiger partial charge in [0.1, 0.15) is 5.75 Å². The molecule has 1 aromatic carbocycles. The van der Waals surface area contributed by atoms with E-state index in [4.69, 9.17) is 4.74 Å². The maximum atomic E-state index is 12.9. The number of carbonyl (C=O) groups is 2. The molecule has 154 valence electrons. The Morgan fingerprint density at radius 1 is 1.23 bits per heavy atom. The lowest BCUT2D eigenvalue weighted by Gasteiger charge is -2.24. The summed E-state index contributed by atoms with van der Waals surface area (Å²) in [6.45, 7) is 0.725. The number of ether oxygens (including phenoxy) is 1. The Labute approximate surface area is 178 Å². The number of carbonyl (C=O) groups excluding carboxylic acids is 2. The summed E-state index contributed by atoms with van der Waals surface area (Å²) < 4.78 is 5.42. The summed E-state index contributed by atoms with van der Waals surface area (Å²) in [5, 5.41) is 9.89. The van der Waals surface area contributed by atoms with Gasteiger partial charge >= 0.3 is 6.03 Å². The molecule has 0 spiro atoms. The Balaban J connectivity index is 1.46. The molecule has 0 aliphatic carbocycles. The van der Waals surface area contributed by atoms with E-state index in [1.807, 2.05) is 10.3 Å². The minimum Gasteiger partial charge on any atom is -0.494 e. The zero-order chi connectivity index (χ0) is 20.9. The summed E-state index contributed by atoms with van der Waals surface area (Å²) >= 11 is 1.64. The van der Waals surface area contributed by atoms with Crippen molar-refractivity contribution in [3.63, 3.8) is 0 Å². The Bertz CT molecular complexity index is 1020. The van der Waals surface area contributed by atoms with Crippen LogP contribution in [0.15, 0.2) is 59.6 Å². The highest BCUT2D eigenvalue weighted by molar-refractivity contribution is 7.08. The molecule has 1 aliphatic rings. The Morgan fingerprint density at radius 2 is 2.13 bits per heavy atom. The van der Waals surface area contributed by atoms with Crippen LogP contribution in [0.5, 0.6) is 5.75 Å². The summed E-state index contributed by atoms with van der Waals surface area (Å²) in [5.41, 5.74) is 2.75. The van der Waals surface area contributed by atoms with Crippen molar-refractivity contribution in [1.82, 2.24) is 9.88 Å². The van der Waals surface area contributed by atoms with Crippen molar-refractivity contribution in [2.45, 2.75) is 18.9 Å². The predicted octanol–water partition coefficient (Wildman–Crippen LogP) is 4.77. The zero-order valence-electron chi connectivity index (χ0n) is 16.5. The van der Waals surface area contributed by atoms with Crippen molar-refractivity contribution in [1.29, 1.82) is 0 Å². The number of anilines is 2. The second-order valence-corrected chi connectivity index (χ2v) is 7.73. The highest BCUT2D eigenvalue weighted by atomic mass is 32.1. The van der Waals surface area contributed by atoms with Crippen molar-refractivity contribution in [2.24, 2.45) is 0 Å². The molecule has 2 aromatic heterocycles. The van der Waals surface area contributed by atoms with Crippen LogP contribution in [0.2, 0.25) is 0 Å². The highest BCUT2D eigenvalue weighted by Crippen LogP contribution is 2.34. The molecule has 7 nitrogen and oxygen atoms in total. The van der Waals surface area contributed by atoms with Crippen LogP contribution in [0.4, 0.5) is 16.2 Å². The second-order valence-electron chi connectivity index (χ2n) is 6.95. The molecule has 0 bridgehead atoms. The molecule has 3 heterocycles. The van der Waals surface area contributed by atoms with Crippen LogP contribution in [0.3, 0.4) is 0 Å². The molecular formula is C22H22N4O3S. The van der Waals surface area contributed by atoms with Gasteiger partial charge in [0.05, 0.1) is 24.4 Å². The van der Waals surface area contributed by atoms with Crippen molar-refractivity contribution < 1.29 is 14.3 Å². The fraction of sp³-hybridized carbons (Fsp3) is 0.227. The molecule has 0 unspecified atom stereocenters. The van der Waals surface area contributed by atoms with Gasteiger partial charge in [0.15, 0.2) is 0 Å². The first-order chi connectivity index (χ1) is 14.7. The molecule has 1 aliphatic heterocycles. The SMILES string of the molecule is COc1cc(NC(=O)N2CCC[C@H]2c2ccsc2)ccc1NC(=O)c1cccnc1. The van der Waals surface area contributed by atoms with E-state index in [-0.39, 0.29) is 18.0 Å². The number of pyridine rings is 1. The molecule has 30 heavy (non-hydrogen) atoms. The molecule has 8 heteroatoms. The quantitative estimate of drug-likeness (QED) is 0.620. The van der Waals surface area contributed by atoms with Crippen LogP contribution in [0, 0.1) is 0 Å². The third kappa shape index (κ3) is 4.28. The second kappa shape index (κ2) is 8.96. The van der Waals surface area contributed by atoms with E-state index >= 15 is 0 Å². The Morgan fingerprint density at radius 3 is 2.87 bits per heavy atom. The predicted molar refractivity (Wildman–Crippen MR) is 117 cm³/mol. The van der Waals surface area contributed by atoms with Crippen LogP contribution < -0.4 is 15.4 Å². The maximum absolute atomic E-state index is 12.9. The van der Waals surface area contributed by atoms with E-state index < -0.39 is 0 Å². The molecular weight excluding hydrogens is 400 g/mol. The van der Waals surface area contributed by atoms with Gasteiger partial charge in [-0.05, 0) is 59.5 Å². The van der Waals surface area contributed by atoms with Gasteiger partial charge in [-0.2, -0.15) is 11.3 Å². The number of hydrogen-bond donors (Lipinski definition) is 2. The third-order valence-corrected chi connectivity index (χ3v) is 5.77. The van der Waals surface area contributed by atoms with E-state index in [1.54, 1.807) is 47.9 Å². The van der Waals surface area contributed by atoms with Gasteiger partial charge < -0.3 is 20.3 Å². The number of urea groups is 1. The van der Waals surface area contributed by atoms with E-state index in [2.05, 4.69) is 27.1 Å². The Hall–Kier alpha value is -3.39. The Kier molecular flexibility index (Phi) is 5.94. The summed E-state index contributed by atoms with van der Waals surface area (Å²) in [4.78, 5) is 31.1. The number of benzene rings is 1. The monoisotopic (exact) mass is 422 g/mol. The molecule has 0 saturated carbocycles. The molecule has 4 rings (SSSR count). The first-order valence-corrected chi connectivity index (χ1v) is 10.6. The molecule has 2 N–H and O–H groups in total. The van der Waals surface area contributed by atoms with Crippen LogP contribution in [-0.2, 0) is 0 Å². The topological polar surface area (TPSA) is 83.6 Å². The number of nitrogens with one attached hydrogen (secondary N) is 2. The molecule has 3 amide bonds. The smallest absolute Gasteiger partial charge is 0.322 e. The van der Waals surface area contributed by atoms with Gasteiger partial charge in [0.2, 0.25) is 0 Å². The molecule has 1 atom stereocenters. The number of methoxy groups -OCH3 is 1. The summed E-state index contributed by atoms with van der Waals surface area (Å²) in [7, 11) is 1.52. The average Bonchev–Trinajstić information content (AvgIpc) is 3.47. The summed E-state index contributed by atoms with van der Waals surface area (Å²) in [6.07, 6.45) is 5.05. The number of rotatable bonds is 5. The third-order valence-electron chi connectivity index (χ3n) is 5.07. The van der Waals surface area contributed by atoms with E-state index in [9.17, 15) is 9.59 Å². The lowest BCUT2D eigenvalue weighted by molar-refractivity contribution is 0.102. The highest BCUT2D eigenvalue weighted by Gasteiger charge is 2.30. The number of likely N-dealkylation sites (tertiary alicyclic amines) is 1. The van der Waals surface area contributed by atoms with Gasteiger partial charge in [0, 0.05) is 30.7 Å². The lowest BCUT2D eigenvalue weighted by Crippen LogP contribution is -2.34. The molecule has 1 fully saturated rings. The van der Waals surface area contributed by atoms with Crippen molar-refractivity contribution in [3.8, 4) is 5.75 Å². The number of amides is 3. The normalized spacial score (nSPS) is 15.6. The minimum atomic E-state index is -0.283. The molecule has 1 saturated heterocycles. The van der Waals surface area contributed by atoms with Gasteiger partial charge in [-0.3, -0.25) is 9.78 Å². The molecule has 0 radical (unpaired) electrons. The van der Waals surface area contributed by atoms with Crippen molar-refractivity contribution in [3.05, 3.63) is 70.7 Å². The lowest BCUT2D eigenvalue weighted by atomic mass is 10.1. The van der Waals surface area contributed by atoms with E-state index in [0.29, 0.717) is 22.7 Å². The van der Waals surface area contributed by atoms with Crippen LogP contribution in [-0.4, -0.2) is 35.5 Å². The standard InChI is InChI=1S/C22H22N4O3S/c1-29-20-12-17(6-7-18(20)25-21(27)15-4-2-9-23-13-15)24-22(28)26-10-3-5-19(26)16-8-11-30-14-16/h2,4,6-9,11-14,19H,3,5,10H2,1H3,(H,24,28)(H,25,27)/t19-/m0/s1. The maximum Gasteiger partial charge on any atom is 0.322 e. The van der Waals surface area contributed by atoms with Gasteiger partial charge in [-0.25, -0.2) is 4.79 Å². The van der Waals surface area contributed by atoms with Gasteiger partial charge in [0.25, 0.3) is 5.91 Å². The summed E-state index contributed by atoms with van der Waals surface area (Å²) in [5.74, 6) is 0.176.